The van der Waals surface area contributed by atoms with Gasteiger partial charge in [0.2, 0.25) is 0 Å². The Balaban J connectivity index is 1.96. The van der Waals surface area contributed by atoms with Crippen molar-refractivity contribution >= 4 is 10.8 Å². The van der Waals surface area contributed by atoms with E-state index >= 15 is 0 Å². The standard InChI is InChI=1S/C18H25N3/c1-18(2,21-11-5-6-12-21)17(20-19)16-10-9-14-7-3-4-8-15(14)13-16/h3-4,7-10,13,17,20H,5-6,11-12,19H2,1-2H3. The summed E-state index contributed by atoms with van der Waals surface area (Å²) in [5, 5.41) is 2.54. The zero-order valence-corrected chi connectivity index (χ0v) is 13.0. The molecule has 0 aromatic heterocycles. The topological polar surface area (TPSA) is 41.3 Å². The number of nitrogens with zero attached hydrogens (tertiary/aromatic N) is 1. The highest BCUT2D eigenvalue weighted by Crippen LogP contribution is 2.34. The van der Waals surface area contributed by atoms with Gasteiger partial charge in [0.1, 0.15) is 0 Å². The average molecular weight is 283 g/mol. The molecular weight excluding hydrogens is 258 g/mol. The van der Waals surface area contributed by atoms with Crippen LogP contribution in [-0.4, -0.2) is 23.5 Å². The summed E-state index contributed by atoms with van der Waals surface area (Å²) in [5.74, 6) is 5.93. The van der Waals surface area contributed by atoms with Gasteiger partial charge in [0, 0.05) is 5.54 Å². The van der Waals surface area contributed by atoms with Crippen molar-refractivity contribution in [2.45, 2.75) is 38.3 Å². The second-order valence-corrected chi connectivity index (χ2v) is 6.55. The lowest BCUT2D eigenvalue weighted by molar-refractivity contribution is 0.107. The predicted molar refractivity (Wildman–Crippen MR) is 88.9 cm³/mol. The summed E-state index contributed by atoms with van der Waals surface area (Å²) in [7, 11) is 0. The van der Waals surface area contributed by atoms with Gasteiger partial charge in [-0.05, 0) is 62.2 Å². The number of likely N-dealkylation sites (tertiary alicyclic amines) is 1. The molecule has 1 saturated heterocycles. The van der Waals surface area contributed by atoms with Crippen LogP contribution >= 0.6 is 0 Å². The molecule has 1 unspecified atom stereocenters. The number of fused-ring (bicyclic) bond motifs is 1. The van der Waals surface area contributed by atoms with Crippen molar-refractivity contribution in [3.63, 3.8) is 0 Å². The van der Waals surface area contributed by atoms with Gasteiger partial charge in [-0.25, -0.2) is 0 Å². The zero-order chi connectivity index (χ0) is 14.9. The van der Waals surface area contributed by atoms with E-state index in [9.17, 15) is 0 Å². The second kappa shape index (κ2) is 5.76. The molecule has 0 amide bonds. The Morgan fingerprint density at radius 2 is 1.71 bits per heavy atom. The molecule has 0 spiro atoms. The third kappa shape index (κ3) is 2.69. The van der Waals surface area contributed by atoms with E-state index in [2.05, 4.69) is 66.6 Å². The van der Waals surface area contributed by atoms with Crippen molar-refractivity contribution in [1.82, 2.24) is 10.3 Å². The van der Waals surface area contributed by atoms with E-state index in [4.69, 9.17) is 5.84 Å². The Morgan fingerprint density at radius 3 is 2.38 bits per heavy atom. The van der Waals surface area contributed by atoms with E-state index in [-0.39, 0.29) is 11.6 Å². The van der Waals surface area contributed by atoms with Gasteiger partial charge in [-0.2, -0.15) is 0 Å². The summed E-state index contributed by atoms with van der Waals surface area (Å²) in [4.78, 5) is 2.55. The number of benzene rings is 2. The normalized spacial score (nSPS) is 18.2. The number of rotatable bonds is 4. The Kier molecular flexibility index (Phi) is 3.98. The summed E-state index contributed by atoms with van der Waals surface area (Å²) in [6.07, 6.45) is 2.58. The average Bonchev–Trinajstić information content (AvgIpc) is 3.02. The third-order valence-corrected chi connectivity index (χ3v) is 4.90. The van der Waals surface area contributed by atoms with Crippen LogP contribution in [0, 0.1) is 0 Å². The lowest BCUT2D eigenvalue weighted by atomic mass is 9.86. The minimum Gasteiger partial charge on any atom is -0.296 e. The molecule has 3 nitrogen and oxygen atoms in total. The molecule has 2 aromatic carbocycles. The van der Waals surface area contributed by atoms with Crippen LogP contribution in [-0.2, 0) is 0 Å². The highest BCUT2D eigenvalue weighted by atomic mass is 15.3. The van der Waals surface area contributed by atoms with Gasteiger partial charge in [-0.15, -0.1) is 0 Å². The Morgan fingerprint density at radius 1 is 1.05 bits per heavy atom. The molecule has 1 aliphatic heterocycles. The van der Waals surface area contributed by atoms with Crippen LogP contribution < -0.4 is 11.3 Å². The van der Waals surface area contributed by atoms with E-state index in [1.807, 2.05) is 0 Å². The summed E-state index contributed by atoms with van der Waals surface area (Å²) in [5.41, 5.74) is 4.32. The number of nitrogens with one attached hydrogen (secondary N) is 1. The fourth-order valence-electron chi connectivity index (χ4n) is 3.57. The SMILES string of the molecule is CC(C)(C(NN)c1ccc2ccccc2c1)N1CCCC1. The molecule has 1 atom stereocenters. The quantitative estimate of drug-likeness (QED) is 0.668. The minimum atomic E-state index is 0.00765. The Bertz CT molecular complexity index is 615. The van der Waals surface area contributed by atoms with Crippen molar-refractivity contribution in [1.29, 1.82) is 0 Å². The van der Waals surface area contributed by atoms with E-state index in [0.717, 1.165) is 0 Å². The lowest BCUT2D eigenvalue weighted by Crippen LogP contribution is -2.53. The van der Waals surface area contributed by atoms with E-state index in [0.29, 0.717) is 0 Å². The number of hydrogen-bond acceptors (Lipinski definition) is 3. The van der Waals surface area contributed by atoms with Crippen molar-refractivity contribution < 1.29 is 0 Å². The van der Waals surface area contributed by atoms with Gasteiger partial charge in [-0.1, -0.05) is 36.4 Å². The van der Waals surface area contributed by atoms with Crippen LogP contribution in [0.15, 0.2) is 42.5 Å². The van der Waals surface area contributed by atoms with Crippen LogP contribution in [0.3, 0.4) is 0 Å². The molecule has 112 valence electrons. The first-order valence-corrected chi connectivity index (χ1v) is 7.83. The zero-order valence-electron chi connectivity index (χ0n) is 13.0. The fraction of sp³-hybridized carbons (Fsp3) is 0.444. The largest absolute Gasteiger partial charge is 0.296 e. The summed E-state index contributed by atoms with van der Waals surface area (Å²) >= 11 is 0. The molecule has 1 aliphatic rings. The first kappa shape index (κ1) is 14.5. The molecule has 21 heavy (non-hydrogen) atoms. The van der Waals surface area contributed by atoms with Gasteiger partial charge in [0.25, 0.3) is 0 Å². The van der Waals surface area contributed by atoms with E-state index in [1.165, 1.54) is 42.3 Å². The van der Waals surface area contributed by atoms with E-state index in [1.54, 1.807) is 0 Å². The van der Waals surface area contributed by atoms with Crippen LogP contribution in [0.1, 0.15) is 38.3 Å². The van der Waals surface area contributed by atoms with Crippen LogP contribution in [0.4, 0.5) is 0 Å². The smallest absolute Gasteiger partial charge is 0.0638 e. The van der Waals surface area contributed by atoms with Gasteiger partial charge < -0.3 is 0 Å². The van der Waals surface area contributed by atoms with Crippen LogP contribution in [0.2, 0.25) is 0 Å². The maximum absolute atomic E-state index is 5.93. The second-order valence-electron chi connectivity index (χ2n) is 6.55. The maximum atomic E-state index is 5.93. The molecule has 0 radical (unpaired) electrons. The van der Waals surface area contributed by atoms with Crippen molar-refractivity contribution in [3.05, 3.63) is 48.0 Å². The van der Waals surface area contributed by atoms with Crippen molar-refractivity contribution in [2.75, 3.05) is 13.1 Å². The Labute approximate surface area is 127 Å². The summed E-state index contributed by atoms with van der Waals surface area (Å²) in [6.45, 7) is 6.91. The molecule has 2 aromatic rings. The fourth-order valence-corrected chi connectivity index (χ4v) is 3.57. The monoisotopic (exact) mass is 283 g/mol. The molecule has 0 aliphatic carbocycles. The molecule has 1 fully saturated rings. The van der Waals surface area contributed by atoms with Crippen molar-refractivity contribution in [3.8, 4) is 0 Å². The predicted octanol–water partition coefficient (Wildman–Crippen LogP) is 3.22. The van der Waals surface area contributed by atoms with Gasteiger partial charge in [0.05, 0.1) is 6.04 Å². The Hall–Kier alpha value is -1.42. The molecule has 1 heterocycles. The van der Waals surface area contributed by atoms with E-state index < -0.39 is 0 Å². The third-order valence-electron chi connectivity index (χ3n) is 4.90. The van der Waals surface area contributed by atoms with Crippen LogP contribution in [0.5, 0.6) is 0 Å². The lowest BCUT2D eigenvalue weighted by Gasteiger charge is -2.42. The number of hydrazine groups is 1. The maximum Gasteiger partial charge on any atom is 0.0638 e. The summed E-state index contributed by atoms with van der Waals surface area (Å²) < 4.78 is 0. The van der Waals surface area contributed by atoms with Gasteiger partial charge in [0.15, 0.2) is 0 Å². The van der Waals surface area contributed by atoms with Crippen LogP contribution in [0.25, 0.3) is 10.8 Å². The van der Waals surface area contributed by atoms with Crippen molar-refractivity contribution in [2.24, 2.45) is 5.84 Å². The molecule has 0 saturated carbocycles. The minimum absolute atomic E-state index is 0.00765. The first-order chi connectivity index (χ1) is 10.1. The molecular formula is C18H25N3. The molecule has 3 heteroatoms. The number of nitrogens with two attached hydrogens (primary N) is 1. The molecule has 0 bridgehead atoms. The molecule has 3 rings (SSSR count). The summed E-state index contributed by atoms with van der Waals surface area (Å²) in [6, 6.07) is 15.2. The first-order valence-electron chi connectivity index (χ1n) is 7.83. The van der Waals surface area contributed by atoms with Gasteiger partial charge in [-0.3, -0.25) is 16.2 Å². The van der Waals surface area contributed by atoms with Gasteiger partial charge >= 0.3 is 0 Å². The highest BCUT2D eigenvalue weighted by molar-refractivity contribution is 5.83. The highest BCUT2D eigenvalue weighted by Gasteiger charge is 2.37. The molecule has 3 N–H and O–H groups in total. The number of hydrogen-bond donors (Lipinski definition) is 2.